The molecule has 1 aromatic heterocycles. The Morgan fingerprint density at radius 2 is 1.81 bits per heavy atom. The number of benzene rings is 2. The predicted octanol–water partition coefficient (Wildman–Crippen LogP) is 7.25. The molecule has 4 nitrogen and oxygen atoms in total. The zero-order chi connectivity index (χ0) is 22.2. The minimum absolute atomic E-state index is 0.339. The van der Waals surface area contributed by atoms with Gasteiger partial charge in [-0.2, -0.15) is 0 Å². The predicted molar refractivity (Wildman–Crippen MR) is 140 cm³/mol. The van der Waals surface area contributed by atoms with Gasteiger partial charge in [0.15, 0.2) is 5.82 Å². The Morgan fingerprint density at radius 1 is 1.03 bits per heavy atom. The van der Waals surface area contributed by atoms with Crippen LogP contribution in [0.1, 0.15) is 45.0 Å². The van der Waals surface area contributed by atoms with E-state index < -0.39 is 0 Å². The molecule has 164 valence electrons. The molecule has 0 amide bonds. The van der Waals surface area contributed by atoms with Crippen molar-refractivity contribution >= 4 is 60.7 Å². The van der Waals surface area contributed by atoms with Crippen LogP contribution in [0.4, 0.5) is 5.82 Å². The van der Waals surface area contributed by atoms with Gasteiger partial charge in [0.25, 0.3) is 0 Å². The van der Waals surface area contributed by atoms with Crippen molar-refractivity contribution in [3.63, 3.8) is 0 Å². The van der Waals surface area contributed by atoms with Crippen molar-refractivity contribution in [3.8, 4) is 0 Å². The van der Waals surface area contributed by atoms with Gasteiger partial charge in [-0.15, -0.1) is 0 Å². The molecule has 1 atom stereocenters. The van der Waals surface area contributed by atoms with Crippen molar-refractivity contribution in [2.75, 3.05) is 25.0 Å². The van der Waals surface area contributed by atoms with Gasteiger partial charge < -0.3 is 10.2 Å². The summed E-state index contributed by atoms with van der Waals surface area (Å²) in [5.41, 5.74) is 2.03. The lowest BCUT2D eigenvalue weighted by Gasteiger charge is -2.20. The number of nitrogens with one attached hydrogen (secondary N) is 1. The fraction of sp³-hybridized carbons (Fsp3) is 0.360. The Balaban J connectivity index is 1.78. The number of para-hydroxylation sites is 1. The van der Waals surface area contributed by atoms with Crippen LogP contribution in [0.25, 0.3) is 23.1 Å². The quantitative estimate of drug-likeness (QED) is 0.291. The first-order valence-corrected chi connectivity index (χ1v) is 12.5. The van der Waals surface area contributed by atoms with E-state index in [9.17, 15) is 0 Å². The van der Waals surface area contributed by atoms with Crippen molar-refractivity contribution in [1.82, 2.24) is 14.9 Å². The molecule has 0 aliphatic rings. The van der Waals surface area contributed by atoms with Crippen LogP contribution in [-0.4, -0.2) is 40.5 Å². The summed E-state index contributed by atoms with van der Waals surface area (Å²) in [6.45, 7) is 10.0. The smallest absolute Gasteiger partial charge is 0.154 e. The lowest BCUT2D eigenvalue weighted by atomic mass is 10.1. The number of aromatic nitrogens is 2. The van der Waals surface area contributed by atoms with Crippen LogP contribution in [0, 0.1) is 0 Å². The Hall–Kier alpha value is -1.76. The SMILES string of the molecule is CCN(CC)CCCC(C)Nc1nc(/C=C/c2ccc(Br)cc2Br)nc2ccccc12. The molecule has 31 heavy (non-hydrogen) atoms. The Labute approximate surface area is 202 Å². The summed E-state index contributed by atoms with van der Waals surface area (Å²) < 4.78 is 2.07. The lowest BCUT2D eigenvalue weighted by molar-refractivity contribution is 0.295. The first-order chi connectivity index (χ1) is 15.0. The normalized spacial score (nSPS) is 12.7. The zero-order valence-electron chi connectivity index (χ0n) is 18.4. The van der Waals surface area contributed by atoms with E-state index in [1.54, 1.807) is 0 Å². The van der Waals surface area contributed by atoms with E-state index in [0.29, 0.717) is 11.9 Å². The average Bonchev–Trinajstić information content (AvgIpc) is 2.76. The lowest BCUT2D eigenvalue weighted by Crippen LogP contribution is -2.25. The van der Waals surface area contributed by atoms with E-state index in [0.717, 1.165) is 57.3 Å². The maximum Gasteiger partial charge on any atom is 0.154 e. The molecule has 0 saturated carbocycles. The number of hydrogen-bond donors (Lipinski definition) is 1. The van der Waals surface area contributed by atoms with Crippen LogP contribution in [-0.2, 0) is 0 Å². The largest absolute Gasteiger partial charge is 0.367 e. The van der Waals surface area contributed by atoms with Gasteiger partial charge in [-0.25, -0.2) is 9.97 Å². The molecular weight excluding hydrogens is 516 g/mol. The maximum atomic E-state index is 4.83. The van der Waals surface area contributed by atoms with Gasteiger partial charge in [-0.3, -0.25) is 0 Å². The van der Waals surface area contributed by atoms with E-state index in [1.165, 1.54) is 6.42 Å². The molecule has 0 aliphatic carbocycles. The molecule has 1 heterocycles. The highest BCUT2D eigenvalue weighted by atomic mass is 79.9. The molecule has 0 fully saturated rings. The van der Waals surface area contributed by atoms with Gasteiger partial charge in [-0.05, 0) is 75.3 Å². The number of fused-ring (bicyclic) bond motifs is 1. The first kappa shape index (κ1) is 23.9. The molecule has 0 spiro atoms. The van der Waals surface area contributed by atoms with Gasteiger partial charge in [0, 0.05) is 20.4 Å². The summed E-state index contributed by atoms with van der Waals surface area (Å²) in [5.74, 6) is 1.60. The molecule has 3 aromatic rings. The van der Waals surface area contributed by atoms with Crippen LogP contribution >= 0.6 is 31.9 Å². The van der Waals surface area contributed by atoms with Crippen molar-refractivity contribution in [1.29, 1.82) is 0 Å². The fourth-order valence-corrected chi connectivity index (χ4v) is 4.73. The fourth-order valence-electron chi connectivity index (χ4n) is 3.55. The number of nitrogens with zero attached hydrogens (tertiary/aromatic N) is 3. The molecule has 0 aliphatic heterocycles. The van der Waals surface area contributed by atoms with Crippen LogP contribution in [0.3, 0.4) is 0 Å². The Kier molecular flexibility index (Phi) is 9.05. The number of halogens is 2. The van der Waals surface area contributed by atoms with Crippen molar-refractivity contribution in [2.45, 2.75) is 39.7 Å². The van der Waals surface area contributed by atoms with Gasteiger partial charge in [0.1, 0.15) is 5.82 Å². The first-order valence-electron chi connectivity index (χ1n) is 10.9. The molecule has 0 saturated heterocycles. The second kappa shape index (κ2) is 11.7. The maximum absolute atomic E-state index is 4.83. The third-order valence-corrected chi connectivity index (χ3v) is 6.56. The highest BCUT2D eigenvalue weighted by Crippen LogP contribution is 2.25. The van der Waals surface area contributed by atoms with E-state index in [4.69, 9.17) is 9.97 Å². The van der Waals surface area contributed by atoms with E-state index >= 15 is 0 Å². The molecule has 1 unspecified atom stereocenters. The standard InChI is InChI=1S/C25H30Br2N4/c1-4-31(5-2)16-8-9-18(3)28-25-21-10-6-7-11-23(21)29-24(30-25)15-13-19-12-14-20(26)17-22(19)27/h6-7,10-15,17-18H,4-5,8-9,16H2,1-3H3,(H,28,29,30)/b15-13+. The van der Waals surface area contributed by atoms with Crippen LogP contribution in [0.15, 0.2) is 51.4 Å². The monoisotopic (exact) mass is 544 g/mol. The summed E-state index contributed by atoms with van der Waals surface area (Å²) in [6, 6.07) is 14.6. The Bertz CT molecular complexity index is 1030. The minimum Gasteiger partial charge on any atom is -0.367 e. The van der Waals surface area contributed by atoms with Crippen molar-refractivity contribution < 1.29 is 0 Å². The molecule has 1 N–H and O–H groups in total. The summed E-state index contributed by atoms with van der Waals surface area (Å²) in [6.07, 6.45) is 6.28. The highest BCUT2D eigenvalue weighted by Gasteiger charge is 2.10. The summed E-state index contributed by atoms with van der Waals surface area (Å²) in [5, 5.41) is 4.69. The minimum atomic E-state index is 0.339. The Morgan fingerprint density at radius 3 is 2.55 bits per heavy atom. The molecule has 6 heteroatoms. The van der Waals surface area contributed by atoms with Crippen molar-refractivity contribution in [2.24, 2.45) is 0 Å². The molecule has 0 radical (unpaired) electrons. The van der Waals surface area contributed by atoms with Crippen LogP contribution < -0.4 is 5.32 Å². The zero-order valence-corrected chi connectivity index (χ0v) is 21.6. The third kappa shape index (κ3) is 6.86. The molecular formula is C25H30Br2N4. The molecule has 3 rings (SSSR count). The van der Waals surface area contributed by atoms with Gasteiger partial charge in [-0.1, -0.05) is 70.0 Å². The average molecular weight is 546 g/mol. The highest BCUT2D eigenvalue weighted by molar-refractivity contribution is 9.11. The third-order valence-electron chi connectivity index (χ3n) is 5.38. The van der Waals surface area contributed by atoms with Crippen molar-refractivity contribution in [3.05, 3.63) is 62.8 Å². The second-order valence-corrected chi connectivity index (χ2v) is 9.43. The second-order valence-electron chi connectivity index (χ2n) is 7.66. The van der Waals surface area contributed by atoms with Gasteiger partial charge in [0.2, 0.25) is 0 Å². The molecule has 0 bridgehead atoms. The van der Waals surface area contributed by atoms with Crippen LogP contribution in [0.2, 0.25) is 0 Å². The number of hydrogen-bond acceptors (Lipinski definition) is 4. The summed E-state index contributed by atoms with van der Waals surface area (Å²) in [7, 11) is 0. The topological polar surface area (TPSA) is 41.0 Å². The van der Waals surface area contributed by atoms with E-state index in [1.807, 2.05) is 42.5 Å². The number of rotatable bonds is 10. The van der Waals surface area contributed by atoms with Gasteiger partial charge >= 0.3 is 0 Å². The van der Waals surface area contributed by atoms with Gasteiger partial charge in [0.05, 0.1) is 5.52 Å². The van der Waals surface area contributed by atoms with E-state index in [2.05, 4.69) is 75.0 Å². The molecule has 2 aromatic carbocycles. The van der Waals surface area contributed by atoms with E-state index in [-0.39, 0.29) is 0 Å². The number of anilines is 1. The summed E-state index contributed by atoms with van der Waals surface area (Å²) in [4.78, 5) is 12.0. The summed E-state index contributed by atoms with van der Waals surface area (Å²) >= 11 is 7.11. The van der Waals surface area contributed by atoms with Crippen LogP contribution in [0.5, 0.6) is 0 Å².